The Labute approximate surface area is 98.6 Å². The minimum atomic E-state index is -1.14. The maximum Gasteiger partial charge on any atom is 0.0676 e. The van der Waals surface area contributed by atoms with Gasteiger partial charge in [0.05, 0.1) is 27.7 Å². The molecule has 0 saturated heterocycles. The summed E-state index contributed by atoms with van der Waals surface area (Å²) >= 11 is 0. The van der Waals surface area contributed by atoms with E-state index in [4.69, 9.17) is 5.73 Å². The predicted molar refractivity (Wildman–Crippen MR) is 40.6 cm³/mol. The van der Waals surface area contributed by atoms with Crippen LogP contribution in [0.2, 0.25) is 0 Å². The van der Waals surface area contributed by atoms with E-state index < -0.39 is 12.0 Å². The van der Waals surface area contributed by atoms with Crippen LogP contribution in [0.25, 0.3) is 5.73 Å². The van der Waals surface area contributed by atoms with Crippen LogP contribution >= 0.6 is 0 Å². The SMILES string of the molecule is C[N+](C)(C)C[C@H]([NH-])CC(=O)[O-].[Y]. The van der Waals surface area contributed by atoms with Crippen LogP contribution in [0.1, 0.15) is 6.42 Å². The van der Waals surface area contributed by atoms with Gasteiger partial charge in [-0.2, -0.15) is 0 Å². The molecule has 0 bridgehead atoms. The van der Waals surface area contributed by atoms with Crippen LogP contribution in [-0.4, -0.2) is 44.2 Å². The first-order valence-corrected chi connectivity index (χ1v) is 3.52. The Morgan fingerprint density at radius 3 is 2.17 bits per heavy atom. The molecule has 5 heteroatoms. The summed E-state index contributed by atoms with van der Waals surface area (Å²) in [7, 11) is 5.78. The fraction of sp³-hybridized carbons (Fsp3) is 0.857. The van der Waals surface area contributed by atoms with Gasteiger partial charge in [0.2, 0.25) is 0 Å². The summed E-state index contributed by atoms with van der Waals surface area (Å²) in [5.74, 6) is -1.14. The van der Waals surface area contributed by atoms with E-state index in [2.05, 4.69) is 0 Å². The standard InChI is InChI=1S/C7H16N2O2.Y/c1-9(2,3)5-6(8)4-7(10)11;/h6,8H,4-5H2,1-3H3,(H,10,11);/p-1/t6-;/m1./s1. The minimum Gasteiger partial charge on any atom is -0.670 e. The number of quaternary nitrogens is 1. The number of carbonyl (C=O) groups is 1. The van der Waals surface area contributed by atoms with Crippen molar-refractivity contribution < 1.29 is 47.1 Å². The molecule has 0 amide bonds. The van der Waals surface area contributed by atoms with Crippen LogP contribution in [0, 0.1) is 0 Å². The summed E-state index contributed by atoms with van der Waals surface area (Å²) in [5, 5.41) is 10.1. The van der Waals surface area contributed by atoms with Gasteiger partial charge in [0, 0.05) is 38.7 Å². The summed E-state index contributed by atoms with van der Waals surface area (Å²) in [4.78, 5) is 10.1. The van der Waals surface area contributed by atoms with Crippen molar-refractivity contribution in [3.05, 3.63) is 5.73 Å². The molecule has 69 valence electrons. The maximum absolute atomic E-state index is 10.1. The number of rotatable bonds is 4. The second-order valence-electron chi connectivity index (χ2n) is 3.75. The third-order valence-corrected chi connectivity index (χ3v) is 1.18. The van der Waals surface area contributed by atoms with E-state index in [0.29, 0.717) is 11.0 Å². The summed E-state index contributed by atoms with van der Waals surface area (Å²) in [6.07, 6.45) is -0.171. The summed E-state index contributed by atoms with van der Waals surface area (Å²) in [5.41, 5.74) is 7.32. The molecule has 12 heavy (non-hydrogen) atoms. The van der Waals surface area contributed by atoms with Gasteiger partial charge in [-0.1, -0.05) is 6.04 Å². The number of hydrogen-bond donors (Lipinski definition) is 0. The normalized spacial score (nSPS) is 13.3. The molecule has 0 saturated carbocycles. The first-order valence-electron chi connectivity index (χ1n) is 3.52. The Hall–Kier alpha value is 0.494. The molecule has 0 fully saturated rings. The van der Waals surface area contributed by atoms with Crippen molar-refractivity contribution in [3.63, 3.8) is 0 Å². The zero-order chi connectivity index (χ0) is 9.07. The Balaban J connectivity index is 0. The third-order valence-electron chi connectivity index (χ3n) is 1.18. The molecule has 0 aromatic carbocycles. The van der Waals surface area contributed by atoms with Gasteiger partial charge in [-0.3, -0.25) is 0 Å². The van der Waals surface area contributed by atoms with Crippen LogP contribution in [0.3, 0.4) is 0 Å². The molecule has 1 radical (unpaired) electrons. The van der Waals surface area contributed by atoms with Crippen molar-refractivity contribution in [2.45, 2.75) is 12.5 Å². The molecule has 0 aromatic heterocycles. The molecule has 1 atom stereocenters. The smallest absolute Gasteiger partial charge is 0.0676 e. The second kappa shape index (κ2) is 6.03. The van der Waals surface area contributed by atoms with Gasteiger partial charge in [0.1, 0.15) is 0 Å². The number of carbonyl (C=O) groups excluding carboxylic acids is 1. The molecule has 0 aliphatic carbocycles. The van der Waals surface area contributed by atoms with E-state index in [1.165, 1.54) is 0 Å². The molecule has 4 nitrogen and oxygen atoms in total. The average molecular weight is 248 g/mol. The van der Waals surface area contributed by atoms with Crippen molar-refractivity contribution >= 4 is 5.97 Å². The van der Waals surface area contributed by atoms with Crippen LogP contribution in [0.5, 0.6) is 0 Å². The van der Waals surface area contributed by atoms with Gasteiger partial charge in [-0.05, 0) is 6.42 Å². The predicted octanol–water partition coefficient (Wildman–Crippen LogP) is -0.749. The zero-order valence-corrected chi connectivity index (χ0v) is 10.7. The molecular formula is C7H15N2O2Y-. The van der Waals surface area contributed by atoms with Crippen molar-refractivity contribution in [1.29, 1.82) is 0 Å². The molecule has 1 N–H and O–H groups in total. The number of carboxylic acids is 1. The van der Waals surface area contributed by atoms with Crippen LogP contribution in [-0.2, 0) is 37.5 Å². The number of aliphatic carboxylic acids is 1. The van der Waals surface area contributed by atoms with Crippen LogP contribution in [0.15, 0.2) is 0 Å². The number of likely N-dealkylation sites (N-methyl/N-ethyl adjacent to an activating group) is 1. The molecule has 0 aliphatic rings. The maximum atomic E-state index is 10.1. The van der Waals surface area contributed by atoms with Crippen molar-refractivity contribution in [3.8, 4) is 0 Å². The molecule has 0 heterocycles. The summed E-state index contributed by atoms with van der Waals surface area (Å²) in [6.45, 7) is 0.536. The molecule has 0 spiro atoms. The summed E-state index contributed by atoms with van der Waals surface area (Å²) < 4.78 is 0.613. The van der Waals surface area contributed by atoms with Crippen molar-refractivity contribution in [1.82, 2.24) is 0 Å². The van der Waals surface area contributed by atoms with Gasteiger partial charge >= 0.3 is 0 Å². The van der Waals surface area contributed by atoms with E-state index >= 15 is 0 Å². The monoisotopic (exact) mass is 248 g/mol. The van der Waals surface area contributed by atoms with Crippen LogP contribution < -0.4 is 5.11 Å². The van der Waals surface area contributed by atoms with Gasteiger partial charge in [-0.25, -0.2) is 0 Å². The summed E-state index contributed by atoms with van der Waals surface area (Å²) in [6, 6.07) is -0.556. The average Bonchev–Trinajstić information content (AvgIpc) is 1.53. The van der Waals surface area contributed by atoms with Crippen molar-refractivity contribution in [2.24, 2.45) is 0 Å². The van der Waals surface area contributed by atoms with E-state index in [9.17, 15) is 9.90 Å². The van der Waals surface area contributed by atoms with Crippen molar-refractivity contribution in [2.75, 3.05) is 27.7 Å². The van der Waals surface area contributed by atoms with E-state index in [-0.39, 0.29) is 39.1 Å². The van der Waals surface area contributed by atoms with E-state index in [0.717, 1.165) is 0 Å². The fourth-order valence-electron chi connectivity index (χ4n) is 0.927. The Kier molecular flexibility index (Phi) is 7.53. The molecule has 0 rings (SSSR count). The largest absolute Gasteiger partial charge is 0.670 e. The van der Waals surface area contributed by atoms with Gasteiger partial charge in [0.25, 0.3) is 0 Å². The first kappa shape index (κ1) is 15.0. The van der Waals surface area contributed by atoms with Gasteiger partial charge < -0.3 is 20.1 Å². The van der Waals surface area contributed by atoms with E-state index in [1.54, 1.807) is 0 Å². The topological polar surface area (TPSA) is 63.9 Å². The number of hydrogen-bond acceptors (Lipinski definition) is 2. The molecule has 0 unspecified atom stereocenters. The Bertz CT molecular complexity index is 145. The Morgan fingerprint density at radius 1 is 1.50 bits per heavy atom. The number of nitrogens with zero attached hydrogens (tertiary/aromatic N) is 1. The Morgan fingerprint density at radius 2 is 1.92 bits per heavy atom. The second-order valence-corrected chi connectivity index (χ2v) is 3.75. The first-order chi connectivity index (χ1) is 4.81. The van der Waals surface area contributed by atoms with Gasteiger partial charge in [-0.15, -0.1) is 0 Å². The number of carboxylic acid groups (broad SMARTS) is 1. The van der Waals surface area contributed by atoms with E-state index in [1.807, 2.05) is 21.1 Å². The van der Waals surface area contributed by atoms with Gasteiger partial charge in [0.15, 0.2) is 0 Å². The zero-order valence-electron chi connectivity index (χ0n) is 7.83. The quantitative estimate of drug-likeness (QED) is 0.614. The molecule has 0 aromatic rings. The minimum absolute atomic E-state index is 0. The fourth-order valence-corrected chi connectivity index (χ4v) is 0.927. The molecule has 0 aliphatic heterocycles. The third kappa shape index (κ3) is 10.5. The molecular weight excluding hydrogens is 233 g/mol. The van der Waals surface area contributed by atoms with Crippen LogP contribution in [0.4, 0.5) is 0 Å². The number of nitrogens with one attached hydrogen (secondary N) is 1.